The van der Waals surface area contributed by atoms with E-state index in [9.17, 15) is 27.2 Å². The number of piperidine rings is 2. The lowest BCUT2D eigenvalue weighted by Gasteiger charge is -2.32. The van der Waals surface area contributed by atoms with Crippen LogP contribution >= 0.6 is 0 Å². The van der Waals surface area contributed by atoms with Gasteiger partial charge in [0.1, 0.15) is 0 Å². The lowest BCUT2D eigenvalue weighted by Crippen LogP contribution is -2.46. The zero-order valence-corrected chi connectivity index (χ0v) is 17.9. The minimum atomic E-state index is -2.35. The average molecular weight is 459 g/mol. The molecule has 6 nitrogen and oxygen atoms in total. The predicted octanol–water partition coefficient (Wildman–Crippen LogP) is 2.61. The van der Waals surface area contributed by atoms with Gasteiger partial charge in [-0.3, -0.25) is 19.4 Å². The summed E-state index contributed by atoms with van der Waals surface area (Å²) in [7, 11) is 0. The number of rotatable bonds is 8. The van der Waals surface area contributed by atoms with E-state index in [-0.39, 0.29) is 37.0 Å². The normalized spacial score (nSPS) is 19.4. The molecule has 1 aromatic carbocycles. The van der Waals surface area contributed by atoms with Gasteiger partial charge >= 0.3 is 0 Å². The summed E-state index contributed by atoms with van der Waals surface area (Å²) in [6, 6.07) is 6.22. The fourth-order valence-electron chi connectivity index (χ4n) is 4.22. The molecule has 3 rings (SSSR count). The van der Waals surface area contributed by atoms with E-state index in [4.69, 9.17) is 0 Å². The molecular formula is C22H30F4N4O2. The van der Waals surface area contributed by atoms with Crippen LogP contribution in [0, 0.1) is 0 Å². The summed E-state index contributed by atoms with van der Waals surface area (Å²) in [6.07, 6.45) is -2.22. The van der Waals surface area contributed by atoms with Crippen LogP contribution in [0.1, 0.15) is 46.4 Å². The highest BCUT2D eigenvalue weighted by molar-refractivity contribution is 5.98. The number of halogens is 4. The Kier molecular flexibility index (Phi) is 8.86. The Balaban J connectivity index is 1.42. The predicted molar refractivity (Wildman–Crippen MR) is 112 cm³/mol. The number of likely N-dealkylation sites (tertiary alicyclic amines) is 2. The molecule has 2 heterocycles. The highest BCUT2D eigenvalue weighted by Crippen LogP contribution is 2.15. The number of carbonyl (C=O) groups excluding carboxylic acids is 2. The summed E-state index contributed by atoms with van der Waals surface area (Å²) in [5, 5.41) is 5.86. The molecule has 178 valence electrons. The Labute approximate surface area is 185 Å². The van der Waals surface area contributed by atoms with Gasteiger partial charge in [-0.2, -0.15) is 0 Å². The summed E-state index contributed by atoms with van der Waals surface area (Å²) in [6.45, 7) is 1.62. The number of nitrogens with zero attached hydrogens (tertiary/aromatic N) is 2. The molecule has 1 aromatic rings. The van der Waals surface area contributed by atoms with Gasteiger partial charge in [-0.25, -0.2) is 17.6 Å². The minimum Gasteiger partial charge on any atom is -0.349 e. The van der Waals surface area contributed by atoms with E-state index in [1.165, 1.54) is 0 Å². The van der Waals surface area contributed by atoms with Crippen LogP contribution in [0.2, 0.25) is 0 Å². The molecular weight excluding hydrogens is 428 g/mol. The number of alkyl halides is 4. The number of hydrogen-bond donors (Lipinski definition) is 2. The standard InChI is InChI=1S/C22H30F4N4O2/c23-19(24)13-29-9-5-17(6-10-29)27-21(31)15-1-2-16(4-3-15)22(32)28-18-7-11-30(12-8-18)14-20(25)26/h1-4,17-20H,5-14H2,(H,27,31)(H,28,32). The molecule has 2 saturated heterocycles. The Morgan fingerprint density at radius 2 is 1.03 bits per heavy atom. The molecule has 32 heavy (non-hydrogen) atoms. The van der Waals surface area contributed by atoms with Crippen molar-refractivity contribution in [1.29, 1.82) is 0 Å². The first-order valence-electron chi connectivity index (χ1n) is 11.0. The van der Waals surface area contributed by atoms with E-state index in [0.717, 1.165) is 0 Å². The van der Waals surface area contributed by atoms with Crippen LogP contribution < -0.4 is 10.6 Å². The van der Waals surface area contributed by atoms with E-state index in [0.29, 0.717) is 63.0 Å². The van der Waals surface area contributed by atoms with Crippen molar-refractivity contribution in [2.45, 2.75) is 50.6 Å². The van der Waals surface area contributed by atoms with Gasteiger partial charge in [-0.15, -0.1) is 0 Å². The minimum absolute atomic E-state index is 0.0599. The zero-order valence-electron chi connectivity index (χ0n) is 17.9. The molecule has 0 aliphatic carbocycles. The monoisotopic (exact) mass is 458 g/mol. The molecule has 2 aliphatic heterocycles. The molecule has 0 bridgehead atoms. The van der Waals surface area contributed by atoms with Crippen LogP contribution in [-0.4, -0.2) is 85.8 Å². The van der Waals surface area contributed by atoms with Crippen LogP contribution in [-0.2, 0) is 0 Å². The number of hydrogen-bond acceptors (Lipinski definition) is 4. The quantitative estimate of drug-likeness (QED) is 0.588. The number of benzene rings is 1. The van der Waals surface area contributed by atoms with Crippen molar-refractivity contribution < 1.29 is 27.2 Å². The van der Waals surface area contributed by atoms with Crippen LogP contribution in [0.3, 0.4) is 0 Å². The second-order valence-corrected chi connectivity index (χ2v) is 8.46. The molecule has 2 aliphatic rings. The van der Waals surface area contributed by atoms with Gasteiger partial charge in [0.15, 0.2) is 0 Å². The SMILES string of the molecule is O=C(NC1CCN(CC(F)F)CC1)c1ccc(C(=O)NC2CCN(CC(F)F)CC2)cc1. The maximum absolute atomic E-state index is 12.5. The zero-order chi connectivity index (χ0) is 23.1. The number of nitrogens with one attached hydrogen (secondary N) is 2. The topological polar surface area (TPSA) is 64.7 Å². The van der Waals surface area contributed by atoms with E-state index >= 15 is 0 Å². The third-order valence-electron chi connectivity index (χ3n) is 6.05. The summed E-state index contributed by atoms with van der Waals surface area (Å²) in [4.78, 5) is 28.3. The molecule has 0 unspecified atom stereocenters. The van der Waals surface area contributed by atoms with Crippen LogP contribution in [0.15, 0.2) is 24.3 Å². The van der Waals surface area contributed by atoms with E-state index in [2.05, 4.69) is 10.6 Å². The van der Waals surface area contributed by atoms with Crippen molar-refractivity contribution >= 4 is 11.8 Å². The Hall–Kier alpha value is -2.20. The fraction of sp³-hybridized carbons (Fsp3) is 0.636. The Morgan fingerprint density at radius 3 is 1.31 bits per heavy atom. The van der Waals surface area contributed by atoms with E-state index in [1.807, 2.05) is 0 Å². The third kappa shape index (κ3) is 7.44. The van der Waals surface area contributed by atoms with Crippen molar-refractivity contribution in [1.82, 2.24) is 20.4 Å². The lowest BCUT2D eigenvalue weighted by atomic mass is 10.0. The molecule has 0 saturated carbocycles. The lowest BCUT2D eigenvalue weighted by molar-refractivity contribution is 0.0695. The maximum atomic E-state index is 12.5. The van der Waals surface area contributed by atoms with E-state index < -0.39 is 12.9 Å². The van der Waals surface area contributed by atoms with Gasteiger partial charge in [-0.05, 0) is 49.9 Å². The number of carbonyl (C=O) groups is 2. The first-order valence-corrected chi connectivity index (χ1v) is 11.0. The smallest absolute Gasteiger partial charge is 0.251 e. The molecule has 2 N–H and O–H groups in total. The molecule has 2 fully saturated rings. The summed E-state index contributed by atoms with van der Waals surface area (Å²) >= 11 is 0. The number of amides is 2. The molecule has 2 amide bonds. The van der Waals surface area contributed by atoms with Crippen molar-refractivity contribution in [2.24, 2.45) is 0 Å². The fourth-order valence-corrected chi connectivity index (χ4v) is 4.22. The van der Waals surface area contributed by atoms with Crippen LogP contribution in [0.5, 0.6) is 0 Å². The molecule has 10 heteroatoms. The highest BCUT2D eigenvalue weighted by atomic mass is 19.3. The Morgan fingerprint density at radius 1 is 0.719 bits per heavy atom. The second kappa shape index (κ2) is 11.6. The van der Waals surface area contributed by atoms with Gasteiger partial charge in [0.2, 0.25) is 0 Å². The molecule has 0 atom stereocenters. The maximum Gasteiger partial charge on any atom is 0.251 e. The van der Waals surface area contributed by atoms with Gasteiger partial charge < -0.3 is 10.6 Å². The first-order chi connectivity index (χ1) is 15.3. The van der Waals surface area contributed by atoms with E-state index in [1.54, 1.807) is 34.1 Å². The summed E-state index contributed by atoms with van der Waals surface area (Å²) in [5.74, 6) is -0.508. The second-order valence-electron chi connectivity index (χ2n) is 8.46. The van der Waals surface area contributed by atoms with Crippen LogP contribution in [0.25, 0.3) is 0 Å². The highest BCUT2D eigenvalue weighted by Gasteiger charge is 2.24. The Bertz CT molecular complexity index is 684. The van der Waals surface area contributed by atoms with Gasteiger partial charge in [-0.1, -0.05) is 0 Å². The first kappa shape index (κ1) is 24.4. The van der Waals surface area contributed by atoms with Crippen LogP contribution in [0.4, 0.5) is 17.6 Å². The largest absolute Gasteiger partial charge is 0.349 e. The van der Waals surface area contributed by atoms with Gasteiger partial charge in [0.25, 0.3) is 24.7 Å². The van der Waals surface area contributed by atoms with Crippen molar-refractivity contribution in [3.63, 3.8) is 0 Å². The molecule has 0 aromatic heterocycles. The summed E-state index contributed by atoms with van der Waals surface area (Å²) < 4.78 is 49.8. The third-order valence-corrected chi connectivity index (χ3v) is 6.05. The molecule has 0 radical (unpaired) electrons. The summed E-state index contributed by atoms with van der Waals surface area (Å²) in [5.41, 5.74) is 0.855. The van der Waals surface area contributed by atoms with Crippen molar-refractivity contribution in [3.05, 3.63) is 35.4 Å². The van der Waals surface area contributed by atoms with Gasteiger partial charge in [0, 0.05) is 49.4 Å². The average Bonchev–Trinajstić information content (AvgIpc) is 2.76. The van der Waals surface area contributed by atoms with Gasteiger partial charge in [0.05, 0.1) is 13.1 Å². The van der Waals surface area contributed by atoms with Crippen molar-refractivity contribution in [2.75, 3.05) is 39.3 Å². The molecule has 0 spiro atoms. The van der Waals surface area contributed by atoms with Crippen molar-refractivity contribution in [3.8, 4) is 0 Å².